The molecule has 0 aliphatic carbocycles. The minimum Gasteiger partial charge on any atom is -0.481 e. The second-order valence-corrected chi connectivity index (χ2v) is 5.73. The van der Waals surface area contributed by atoms with Crippen LogP contribution in [0.3, 0.4) is 0 Å². The predicted octanol–water partition coefficient (Wildman–Crippen LogP) is 2.29. The van der Waals surface area contributed by atoms with Gasteiger partial charge in [-0.2, -0.15) is 13.2 Å². The van der Waals surface area contributed by atoms with Gasteiger partial charge in [0.2, 0.25) is 5.60 Å². The van der Waals surface area contributed by atoms with Crippen molar-refractivity contribution >= 4 is 5.91 Å². The van der Waals surface area contributed by atoms with E-state index in [1.807, 2.05) is 0 Å². The van der Waals surface area contributed by atoms with Crippen LogP contribution in [-0.4, -0.2) is 33.3 Å². The number of nitrogens with zero attached hydrogens (tertiary/aromatic N) is 2. The van der Waals surface area contributed by atoms with Crippen LogP contribution in [0.25, 0.3) is 11.1 Å². The Morgan fingerprint density at radius 2 is 2.12 bits per heavy atom. The number of rotatable bonds is 3. The monoisotopic (exact) mass is 365 g/mol. The van der Waals surface area contributed by atoms with Crippen molar-refractivity contribution in [3.8, 4) is 11.1 Å². The van der Waals surface area contributed by atoms with Crippen LogP contribution >= 0.6 is 0 Å². The van der Waals surface area contributed by atoms with Crippen molar-refractivity contribution in [3.05, 3.63) is 60.4 Å². The number of aromatic nitrogens is 2. The van der Waals surface area contributed by atoms with E-state index in [2.05, 4.69) is 9.97 Å². The van der Waals surface area contributed by atoms with E-state index in [4.69, 9.17) is 10.5 Å². The molecule has 1 aliphatic heterocycles. The van der Waals surface area contributed by atoms with Crippen LogP contribution in [0.5, 0.6) is 0 Å². The zero-order chi connectivity index (χ0) is 18.9. The number of nitrogens with two attached hydrogens (primary N) is 1. The lowest BCUT2D eigenvalue weighted by Crippen LogP contribution is -2.49. The van der Waals surface area contributed by atoms with Crippen LogP contribution < -0.4 is 5.73 Å². The van der Waals surface area contributed by atoms with E-state index >= 15 is 0 Å². The molecule has 3 heterocycles. The number of hydrogen-bond donors (Lipinski definition) is 2. The topological polar surface area (TPSA) is 98.3 Å². The van der Waals surface area contributed by atoms with Gasteiger partial charge in [0.25, 0.3) is 5.91 Å². The Hall–Kier alpha value is -2.94. The highest BCUT2D eigenvalue weighted by molar-refractivity contribution is 5.95. The molecule has 6 nitrogen and oxygen atoms in total. The lowest BCUT2D eigenvalue weighted by Gasteiger charge is -2.40. The summed E-state index contributed by atoms with van der Waals surface area (Å²) in [4.78, 5) is 19.5. The highest BCUT2D eigenvalue weighted by atomic mass is 19.4. The third-order valence-electron chi connectivity index (χ3n) is 4.09. The molecule has 0 spiro atoms. The number of carbonyl (C=O) groups is 1. The Balaban J connectivity index is 2.37. The number of hydrogen-bond acceptors (Lipinski definition) is 5. The highest BCUT2D eigenvalue weighted by Gasteiger charge is 2.62. The lowest BCUT2D eigenvalue weighted by molar-refractivity contribution is -0.279. The first kappa shape index (κ1) is 17.9. The molecule has 0 saturated carbocycles. The molecule has 2 atom stereocenters. The second kappa shape index (κ2) is 6.41. The minimum absolute atomic E-state index is 0.0433. The molecule has 9 heteroatoms. The maximum atomic E-state index is 14.1. The van der Waals surface area contributed by atoms with E-state index in [1.165, 1.54) is 30.7 Å². The molecule has 2 aromatic rings. The Kier molecular flexibility index (Phi) is 4.41. The summed E-state index contributed by atoms with van der Waals surface area (Å²) in [6, 6.07) is 4.40. The van der Waals surface area contributed by atoms with Crippen LogP contribution in [-0.2, 0) is 10.3 Å². The molecule has 0 radical (unpaired) electrons. The molecule has 1 amide bonds. The number of pyridine rings is 2. The largest absolute Gasteiger partial charge is 0.481 e. The Morgan fingerprint density at radius 1 is 1.35 bits per heavy atom. The van der Waals surface area contributed by atoms with E-state index in [1.54, 1.807) is 6.07 Å². The van der Waals surface area contributed by atoms with Crippen LogP contribution in [0, 0.1) is 0 Å². The van der Waals surface area contributed by atoms with Gasteiger partial charge in [0.05, 0.1) is 12.4 Å². The van der Waals surface area contributed by atoms with E-state index in [0.717, 1.165) is 12.3 Å². The number of primary amides is 1. The molecule has 0 aromatic carbocycles. The van der Waals surface area contributed by atoms with Crippen molar-refractivity contribution in [2.75, 3.05) is 0 Å². The molecule has 136 valence electrons. The van der Waals surface area contributed by atoms with Gasteiger partial charge in [0.1, 0.15) is 5.69 Å². The fraction of sp³-hybridized carbons (Fsp3) is 0.235. The molecular formula is C17H14F3N3O3. The summed E-state index contributed by atoms with van der Waals surface area (Å²) in [7, 11) is 0. The quantitative estimate of drug-likeness (QED) is 0.870. The van der Waals surface area contributed by atoms with Crippen molar-refractivity contribution in [2.45, 2.75) is 24.3 Å². The van der Waals surface area contributed by atoms with E-state index in [0.29, 0.717) is 5.56 Å². The Labute approximate surface area is 146 Å². The van der Waals surface area contributed by atoms with Crippen LogP contribution in [0.4, 0.5) is 13.2 Å². The van der Waals surface area contributed by atoms with Gasteiger partial charge in [-0.1, -0.05) is 6.07 Å². The van der Waals surface area contributed by atoms with Crippen LogP contribution in [0.2, 0.25) is 0 Å². The number of amides is 1. The zero-order valence-electron chi connectivity index (χ0n) is 13.3. The first-order valence-corrected chi connectivity index (χ1v) is 7.55. The zero-order valence-corrected chi connectivity index (χ0v) is 13.3. The SMILES string of the molecule is NC(=O)c1nccc(-c2cccnc2)c1C1(C(F)(F)F)CC(O)C=CO1. The number of ether oxygens (including phenoxy) is 1. The Bertz CT molecular complexity index is 855. The number of halogens is 3. The summed E-state index contributed by atoms with van der Waals surface area (Å²) < 4.78 is 47.4. The van der Waals surface area contributed by atoms with E-state index in [-0.39, 0.29) is 5.56 Å². The number of alkyl halides is 3. The van der Waals surface area contributed by atoms with Gasteiger partial charge in [0, 0.05) is 36.1 Å². The van der Waals surface area contributed by atoms with Crippen LogP contribution in [0.1, 0.15) is 22.5 Å². The Morgan fingerprint density at radius 3 is 2.69 bits per heavy atom. The van der Waals surface area contributed by atoms with Crippen molar-refractivity contribution in [1.29, 1.82) is 0 Å². The molecule has 0 saturated heterocycles. The molecule has 26 heavy (non-hydrogen) atoms. The lowest BCUT2D eigenvalue weighted by atomic mass is 9.80. The molecule has 0 fully saturated rings. The minimum atomic E-state index is -4.96. The van der Waals surface area contributed by atoms with Gasteiger partial charge in [-0.3, -0.25) is 14.8 Å². The van der Waals surface area contributed by atoms with Gasteiger partial charge < -0.3 is 15.6 Å². The molecule has 1 aliphatic rings. The molecule has 2 unspecified atom stereocenters. The predicted molar refractivity (Wildman–Crippen MR) is 84.6 cm³/mol. The summed E-state index contributed by atoms with van der Waals surface area (Å²) >= 11 is 0. The summed E-state index contributed by atoms with van der Waals surface area (Å²) in [5, 5.41) is 9.84. The first-order valence-electron chi connectivity index (χ1n) is 7.55. The summed E-state index contributed by atoms with van der Waals surface area (Å²) in [6.07, 6.45) is -1.36. The van der Waals surface area contributed by atoms with Gasteiger partial charge in [-0.25, -0.2) is 0 Å². The molecular weight excluding hydrogens is 351 g/mol. The third-order valence-corrected chi connectivity index (χ3v) is 4.09. The van der Waals surface area contributed by atoms with Gasteiger partial charge in [-0.05, 0) is 23.8 Å². The third kappa shape index (κ3) is 2.90. The molecule has 0 bridgehead atoms. The van der Waals surface area contributed by atoms with Gasteiger partial charge in [0.15, 0.2) is 0 Å². The van der Waals surface area contributed by atoms with Crippen molar-refractivity contribution < 1.29 is 27.8 Å². The summed E-state index contributed by atoms with van der Waals surface area (Å²) in [5.74, 6) is -1.14. The molecule has 3 N–H and O–H groups in total. The number of aliphatic hydroxyl groups excluding tert-OH is 1. The standard InChI is InChI=1S/C17H14F3N3O3/c18-17(19,20)16(8-11(24)4-7-26-16)13-12(10-2-1-5-22-9-10)3-6-23-14(13)15(21)25/h1-7,9,11,24H,8H2,(H2,21,25). The smallest absolute Gasteiger partial charge is 0.432 e. The maximum Gasteiger partial charge on any atom is 0.432 e. The molecule has 2 aromatic heterocycles. The van der Waals surface area contributed by atoms with Crippen molar-refractivity contribution in [3.63, 3.8) is 0 Å². The van der Waals surface area contributed by atoms with E-state index < -0.39 is 41.5 Å². The van der Waals surface area contributed by atoms with Crippen LogP contribution in [0.15, 0.2) is 49.1 Å². The maximum absolute atomic E-state index is 14.1. The normalized spacial score (nSPS) is 22.7. The summed E-state index contributed by atoms with van der Waals surface area (Å²) in [5.41, 5.74) is 1.55. The van der Waals surface area contributed by atoms with Crippen molar-refractivity contribution in [2.24, 2.45) is 5.73 Å². The number of carbonyl (C=O) groups excluding carboxylic acids is 1. The van der Waals surface area contributed by atoms with Gasteiger partial charge in [-0.15, -0.1) is 0 Å². The first-order chi connectivity index (χ1) is 12.3. The second-order valence-electron chi connectivity index (χ2n) is 5.73. The molecule has 3 rings (SSSR count). The average molecular weight is 365 g/mol. The van der Waals surface area contributed by atoms with Crippen molar-refractivity contribution in [1.82, 2.24) is 9.97 Å². The number of aliphatic hydroxyl groups is 1. The van der Waals surface area contributed by atoms with Gasteiger partial charge >= 0.3 is 6.18 Å². The highest BCUT2D eigenvalue weighted by Crippen LogP contribution is 2.51. The average Bonchev–Trinajstić information content (AvgIpc) is 2.60. The fourth-order valence-corrected chi connectivity index (χ4v) is 2.96. The fourth-order valence-electron chi connectivity index (χ4n) is 2.96. The summed E-state index contributed by atoms with van der Waals surface area (Å²) in [6.45, 7) is 0. The van der Waals surface area contributed by atoms with E-state index in [9.17, 15) is 23.1 Å².